The van der Waals surface area contributed by atoms with Crippen LogP contribution in [0.1, 0.15) is 72.3 Å². The minimum Gasteiger partial charge on any atom is -0.426 e. The van der Waals surface area contributed by atoms with Crippen LogP contribution in [0.3, 0.4) is 0 Å². The minimum atomic E-state index is -1.31. The van der Waals surface area contributed by atoms with Crippen LogP contribution in [0.5, 0.6) is 5.75 Å². The SMILES string of the molecule is CCCCCC(=O)NC(Cc1ccc(OC(=O)CN2CCOCC2)cc1)C(=O)NC(C(=O)NC(C)(C)C(N)=O)C(C)CC. The smallest absolute Gasteiger partial charge is 0.325 e. The van der Waals surface area contributed by atoms with E-state index in [0.29, 0.717) is 44.9 Å². The third-order valence-electron chi connectivity index (χ3n) is 7.56. The van der Waals surface area contributed by atoms with Gasteiger partial charge in [-0.2, -0.15) is 0 Å². The van der Waals surface area contributed by atoms with Crippen LogP contribution in [-0.2, 0) is 35.1 Å². The van der Waals surface area contributed by atoms with Crippen LogP contribution in [0, 0.1) is 5.92 Å². The number of hydrogen-bond donors (Lipinski definition) is 4. The Hall–Kier alpha value is -3.51. The zero-order chi connectivity index (χ0) is 32.0. The number of hydrogen-bond acceptors (Lipinski definition) is 8. The van der Waals surface area contributed by atoms with E-state index in [-0.39, 0.29) is 37.2 Å². The summed E-state index contributed by atoms with van der Waals surface area (Å²) >= 11 is 0. The summed E-state index contributed by atoms with van der Waals surface area (Å²) in [5.41, 5.74) is 4.84. The number of nitrogens with one attached hydrogen (secondary N) is 3. The van der Waals surface area contributed by atoms with E-state index in [1.165, 1.54) is 13.8 Å². The van der Waals surface area contributed by atoms with Crippen LogP contribution in [0.15, 0.2) is 24.3 Å². The fraction of sp³-hybridized carbons (Fsp3) is 0.645. The van der Waals surface area contributed by atoms with Gasteiger partial charge < -0.3 is 31.2 Å². The Kier molecular flexibility index (Phi) is 14.6. The molecule has 2 rings (SSSR count). The molecule has 5 N–H and O–H groups in total. The van der Waals surface area contributed by atoms with Crippen molar-refractivity contribution in [1.82, 2.24) is 20.9 Å². The lowest BCUT2D eigenvalue weighted by Gasteiger charge is -2.30. The highest BCUT2D eigenvalue weighted by Gasteiger charge is 2.34. The number of carbonyl (C=O) groups is 5. The number of nitrogens with zero attached hydrogens (tertiary/aromatic N) is 1. The molecule has 12 nitrogen and oxygen atoms in total. The first-order valence-electron chi connectivity index (χ1n) is 15.2. The van der Waals surface area contributed by atoms with Gasteiger partial charge >= 0.3 is 5.97 Å². The number of amides is 4. The molecule has 0 saturated carbocycles. The van der Waals surface area contributed by atoms with Crippen LogP contribution < -0.4 is 26.4 Å². The molecule has 0 aromatic heterocycles. The Bertz CT molecular complexity index is 1090. The fourth-order valence-electron chi connectivity index (χ4n) is 4.45. The molecule has 1 aromatic rings. The van der Waals surface area contributed by atoms with Gasteiger partial charge in [-0.05, 0) is 43.9 Å². The van der Waals surface area contributed by atoms with E-state index in [2.05, 4.69) is 16.0 Å². The maximum atomic E-state index is 13.6. The van der Waals surface area contributed by atoms with E-state index < -0.39 is 35.3 Å². The van der Waals surface area contributed by atoms with E-state index in [4.69, 9.17) is 15.2 Å². The number of rotatable bonds is 17. The van der Waals surface area contributed by atoms with E-state index >= 15 is 0 Å². The van der Waals surface area contributed by atoms with Gasteiger partial charge in [0.15, 0.2) is 0 Å². The molecule has 0 radical (unpaired) electrons. The van der Waals surface area contributed by atoms with E-state index in [1.807, 2.05) is 25.7 Å². The molecule has 240 valence electrons. The molecule has 3 atom stereocenters. The summed E-state index contributed by atoms with van der Waals surface area (Å²) in [5.74, 6) is -2.30. The summed E-state index contributed by atoms with van der Waals surface area (Å²) in [5, 5.41) is 8.25. The van der Waals surface area contributed by atoms with E-state index in [9.17, 15) is 24.0 Å². The molecule has 1 heterocycles. The number of benzene rings is 1. The average molecular weight is 604 g/mol. The van der Waals surface area contributed by atoms with Crippen LogP contribution in [-0.4, -0.2) is 85.0 Å². The number of nitrogens with two attached hydrogens (primary N) is 1. The number of primary amides is 1. The Labute approximate surface area is 254 Å². The molecular weight excluding hydrogens is 554 g/mol. The standard InChI is InChI=1S/C31H49N5O7/c1-6-8-9-10-25(37)33-24(28(39)34-27(21(3)7-2)29(40)35-31(4,5)30(32)41)19-22-11-13-23(14-12-22)43-26(38)20-36-15-17-42-18-16-36/h11-14,21,24,27H,6-10,15-20H2,1-5H3,(H2,32,41)(H,33,37)(H,34,39)(H,35,40). The van der Waals surface area contributed by atoms with Crippen molar-refractivity contribution >= 4 is 29.6 Å². The number of ether oxygens (including phenoxy) is 2. The van der Waals surface area contributed by atoms with Gasteiger partial charge in [0.25, 0.3) is 0 Å². The number of carbonyl (C=O) groups excluding carboxylic acids is 5. The van der Waals surface area contributed by atoms with Crippen LogP contribution in [0.25, 0.3) is 0 Å². The maximum Gasteiger partial charge on any atom is 0.325 e. The highest BCUT2D eigenvalue weighted by atomic mass is 16.5. The Morgan fingerprint density at radius 2 is 1.65 bits per heavy atom. The molecular formula is C31H49N5O7. The van der Waals surface area contributed by atoms with Crippen molar-refractivity contribution in [3.8, 4) is 5.75 Å². The second-order valence-corrected chi connectivity index (χ2v) is 11.6. The van der Waals surface area contributed by atoms with Gasteiger partial charge in [0.05, 0.1) is 19.8 Å². The summed E-state index contributed by atoms with van der Waals surface area (Å²) in [6, 6.07) is 4.83. The highest BCUT2D eigenvalue weighted by Crippen LogP contribution is 2.16. The lowest BCUT2D eigenvalue weighted by atomic mass is 9.95. The van der Waals surface area contributed by atoms with Gasteiger partial charge in [0.1, 0.15) is 23.4 Å². The average Bonchev–Trinajstić information content (AvgIpc) is 2.96. The molecule has 1 aromatic carbocycles. The van der Waals surface area contributed by atoms with Crippen molar-refractivity contribution < 1.29 is 33.4 Å². The molecule has 0 bridgehead atoms. The molecule has 1 fully saturated rings. The lowest BCUT2D eigenvalue weighted by molar-refractivity contribution is -0.136. The predicted octanol–water partition coefficient (Wildman–Crippen LogP) is 1.44. The third kappa shape index (κ3) is 12.3. The van der Waals surface area contributed by atoms with Crippen LogP contribution in [0.2, 0.25) is 0 Å². The maximum absolute atomic E-state index is 13.6. The Morgan fingerprint density at radius 1 is 1.00 bits per heavy atom. The van der Waals surface area contributed by atoms with Crippen molar-refractivity contribution in [3.05, 3.63) is 29.8 Å². The summed E-state index contributed by atoms with van der Waals surface area (Å²) in [6.45, 7) is 11.4. The second kappa shape index (κ2) is 17.6. The van der Waals surface area contributed by atoms with Crippen molar-refractivity contribution in [2.75, 3.05) is 32.8 Å². The molecule has 0 spiro atoms. The van der Waals surface area contributed by atoms with Crippen molar-refractivity contribution in [2.24, 2.45) is 11.7 Å². The first kappa shape index (κ1) is 35.7. The van der Waals surface area contributed by atoms with Crippen LogP contribution >= 0.6 is 0 Å². The number of morpholine rings is 1. The second-order valence-electron chi connectivity index (χ2n) is 11.6. The third-order valence-corrected chi connectivity index (χ3v) is 7.56. The molecule has 43 heavy (non-hydrogen) atoms. The van der Waals surface area contributed by atoms with Gasteiger partial charge in [-0.1, -0.05) is 52.2 Å². The summed E-state index contributed by atoms with van der Waals surface area (Å²) < 4.78 is 10.8. The minimum absolute atomic E-state index is 0.148. The van der Waals surface area contributed by atoms with Gasteiger partial charge in [0, 0.05) is 25.9 Å². The quantitative estimate of drug-likeness (QED) is 0.118. The Morgan fingerprint density at radius 3 is 2.23 bits per heavy atom. The van der Waals surface area contributed by atoms with Gasteiger partial charge in [-0.15, -0.1) is 0 Å². The molecule has 3 unspecified atom stereocenters. The first-order chi connectivity index (χ1) is 20.4. The Balaban J connectivity index is 2.15. The molecule has 12 heteroatoms. The molecule has 1 aliphatic heterocycles. The van der Waals surface area contributed by atoms with Crippen molar-refractivity contribution in [2.45, 2.75) is 90.8 Å². The summed E-state index contributed by atoms with van der Waals surface area (Å²) in [7, 11) is 0. The first-order valence-corrected chi connectivity index (χ1v) is 15.2. The van der Waals surface area contributed by atoms with Crippen molar-refractivity contribution in [1.29, 1.82) is 0 Å². The van der Waals surface area contributed by atoms with Gasteiger partial charge in [-0.25, -0.2) is 0 Å². The summed E-state index contributed by atoms with van der Waals surface area (Å²) in [4.78, 5) is 65.6. The topological polar surface area (TPSA) is 169 Å². The zero-order valence-electron chi connectivity index (χ0n) is 26.2. The van der Waals surface area contributed by atoms with Crippen LogP contribution in [0.4, 0.5) is 0 Å². The monoisotopic (exact) mass is 603 g/mol. The summed E-state index contributed by atoms with van der Waals surface area (Å²) in [6.07, 6.45) is 3.54. The molecule has 1 aliphatic rings. The van der Waals surface area contributed by atoms with Gasteiger partial charge in [0.2, 0.25) is 23.6 Å². The normalized spacial score (nSPS) is 15.9. The fourth-order valence-corrected chi connectivity index (χ4v) is 4.45. The lowest BCUT2D eigenvalue weighted by Crippen LogP contribution is -2.61. The molecule has 0 aliphatic carbocycles. The number of esters is 1. The molecule has 1 saturated heterocycles. The predicted molar refractivity (Wildman–Crippen MR) is 162 cm³/mol. The van der Waals surface area contributed by atoms with Gasteiger partial charge in [-0.3, -0.25) is 28.9 Å². The van der Waals surface area contributed by atoms with E-state index in [0.717, 1.165) is 18.4 Å². The largest absolute Gasteiger partial charge is 0.426 e. The molecule has 4 amide bonds. The highest BCUT2D eigenvalue weighted by molar-refractivity contribution is 5.95. The number of unbranched alkanes of at least 4 members (excludes halogenated alkanes) is 2. The zero-order valence-corrected chi connectivity index (χ0v) is 26.2. The van der Waals surface area contributed by atoms with E-state index in [1.54, 1.807) is 24.3 Å². The van der Waals surface area contributed by atoms with Crippen molar-refractivity contribution in [3.63, 3.8) is 0 Å².